The Morgan fingerprint density at radius 3 is 2.49 bits per heavy atom. The summed E-state index contributed by atoms with van der Waals surface area (Å²) in [5.41, 5.74) is 0.324. The van der Waals surface area contributed by atoms with Gasteiger partial charge in [0.1, 0.15) is 5.76 Å². The van der Waals surface area contributed by atoms with Crippen molar-refractivity contribution in [2.45, 2.75) is 33.9 Å². The summed E-state index contributed by atoms with van der Waals surface area (Å²) >= 11 is 0. The van der Waals surface area contributed by atoms with E-state index in [2.05, 4.69) is 4.90 Å². The van der Waals surface area contributed by atoms with Crippen molar-refractivity contribution in [2.75, 3.05) is 52.7 Å². The molecule has 1 aromatic heterocycles. The summed E-state index contributed by atoms with van der Waals surface area (Å²) in [7, 11) is 0. The van der Waals surface area contributed by atoms with Crippen molar-refractivity contribution in [3.63, 3.8) is 0 Å². The molecule has 1 aromatic carbocycles. The van der Waals surface area contributed by atoms with Crippen molar-refractivity contribution in [1.82, 2.24) is 14.7 Å². The Hall–Kier alpha value is -3.04. The SMILES string of the molecule is CC(C)(C)C(=O)N(CCN1CCOCC1)CC(=O)N(Cc1ccc2c(c1)OCO2)Cc1ccco1. The lowest BCUT2D eigenvalue weighted by molar-refractivity contribution is -0.146. The van der Waals surface area contributed by atoms with E-state index in [0.717, 1.165) is 18.7 Å². The van der Waals surface area contributed by atoms with Crippen molar-refractivity contribution in [3.8, 4) is 11.5 Å². The van der Waals surface area contributed by atoms with Gasteiger partial charge in [-0.3, -0.25) is 14.5 Å². The topological polar surface area (TPSA) is 84.7 Å². The van der Waals surface area contributed by atoms with Crippen LogP contribution < -0.4 is 9.47 Å². The highest BCUT2D eigenvalue weighted by atomic mass is 16.7. The first kappa shape index (κ1) is 25.1. The fraction of sp³-hybridized carbons (Fsp3) is 0.538. The quantitative estimate of drug-likeness (QED) is 0.540. The van der Waals surface area contributed by atoms with Crippen LogP contribution in [0, 0.1) is 5.41 Å². The van der Waals surface area contributed by atoms with Crippen LogP contribution in [0.3, 0.4) is 0 Å². The highest BCUT2D eigenvalue weighted by molar-refractivity contribution is 5.87. The summed E-state index contributed by atoms with van der Waals surface area (Å²) in [6, 6.07) is 9.31. The van der Waals surface area contributed by atoms with E-state index in [1.807, 2.05) is 45.0 Å². The van der Waals surface area contributed by atoms with E-state index in [1.165, 1.54) is 0 Å². The number of morpholine rings is 1. The smallest absolute Gasteiger partial charge is 0.242 e. The molecule has 0 aliphatic carbocycles. The lowest BCUT2D eigenvalue weighted by atomic mass is 9.94. The van der Waals surface area contributed by atoms with E-state index >= 15 is 0 Å². The molecule has 4 rings (SSSR count). The number of amides is 2. The van der Waals surface area contributed by atoms with Gasteiger partial charge in [0.05, 0.1) is 32.6 Å². The number of hydrogen-bond acceptors (Lipinski definition) is 7. The molecule has 1 saturated heterocycles. The van der Waals surface area contributed by atoms with Crippen LogP contribution in [-0.4, -0.2) is 79.2 Å². The van der Waals surface area contributed by atoms with E-state index < -0.39 is 5.41 Å². The molecule has 9 nitrogen and oxygen atoms in total. The third-order valence-electron chi connectivity index (χ3n) is 6.13. The van der Waals surface area contributed by atoms with E-state index in [-0.39, 0.29) is 25.2 Å². The van der Waals surface area contributed by atoms with Crippen LogP contribution >= 0.6 is 0 Å². The predicted octanol–water partition coefficient (Wildman–Crippen LogP) is 2.74. The highest BCUT2D eigenvalue weighted by Gasteiger charge is 2.30. The van der Waals surface area contributed by atoms with Crippen LogP contribution in [0.25, 0.3) is 0 Å². The zero-order chi connectivity index (χ0) is 24.8. The maximum Gasteiger partial charge on any atom is 0.242 e. The molecule has 2 aliphatic heterocycles. The summed E-state index contributed by atoms with van der Waals surface area (Å²) in [6.45, 7) is 10.8. The van der Waals surface area contributed by atoms with Gasteiger partial charge in [-0.25, -0.2) is 0 Å². The number of carbonyl (C=O) groups is 2. The van der Waals surface area contributed by atoms with Crippen LogP contribution in [0.5, 0.6) is 11.5 Å². The van der Waals surface area contributed by atoms with Gasteiger partial charge in [-0.05, 0) is 29.8 Å². The molecule has 0 spiro atoms. The van der Waals surface area contributed by atoms with Gasteiger partial charge in [-0.1, -0.05) is 26.8 Å². The normalized spacial score (nSPS) is 15.7. The number of ether oxygens (including phenoxy) is 3. The third kappa shape index (κ3) is 6.76. The average molecular weight is 486 g/mol. The average Bonchev–Trinajstić information content (AvgIpc) is 3.52. The first-order valence-corrected chi connectivity index (χ1v) is 12.1. The van der Waals surface area contributed by atoms with Gasteiger partial charge >= 0.3 is 0 Å². The van der Waals surface area contributed by atoms with Crippen molar-refractivity contribution < 1.29 is 28.2 Å². The molecule has 0 unspecified atom stereocenters. The van der Waals surface area contributed by atoms with Crippen LogP contribution in [0.2, 0.25) is 0 Å². The molecular weight excluding hydrogens is 450 g/mol. The lowest BCUT2D eigenvalue weighted by Crippen LogP contribution is -2.49. The molecule has 2 aliphatic rings. The number of fused-ring (bicyclic) bond motifs is 1. The van der Waals surface area contributed by atoms with Crippen molar-refractivity contribution in [3.05, 3.63) is 47.9 Å². The van der Waals surface area contributed by atoms with Gasteiger partial charge in [0.2, 0.25) is 18.6 Å². The Kier molecular flexibility index (Phi) is 7.97. The monoisotopic (exact) mass is 485 g/mol. The van der Waals surface area contributed by atoms with Gasteiger partial charge in [-0.2, -0.15) is 0 Å². The maximum absolute atomic E-state index is 13.6. The van der Waals surface area contributed by atoms with Gasteiger partial charge in [0.25, 0.3) is 0 Å². The molecule has 0 radical (unpaired) electrons. The van der Waals surface area contributed by atoms with E-state index in [1.54, 1.807) is 22.1 Å². The molecule has 3 heterocycles. The van der Waals surface area contributed by atoms with E-state index in [0.29, 0.717) is 56.7 Å². The first-order valence-electron chi connectivity index (χ1n) is 12.1. The summed E-state index contributed by atoms with van der Waals surface area (Å²) in [5, 5.41) is 0. The molecule has 35 heavy (non-hydrogen) atoms. The van der Waals surface area contributed by atoms with Gasteiger partial charge in [0, 0.05) is 38.1 Å². The standard InChI is InChI=1S/C26H35N3O6/c1-26(2,3)25(31)28(9-8-27-10-13-32-14-11-27)18-24(30)29(17-21-5-4-12-33-21)16-20-6-7-22-23(15-20)35-19-34-22/h4-7,12,15H,8-11,13-14,16-19H2,1-3H3. The van der Waals surface area contributed by atoms with Crippen molar-refractivity contribution in [1.29, 1.82) is 0 Å². The van der Waals surface area contributed by atoms with Crippen LogP contribution in [0.4, 0.5) is 0 Å². The molecular formula is C26H35N3O6. The van der Waals surface area contributed by atoms with Gasteiger partial charge in [0.15, 0.2) is 11.5 Å². The molecule has 190 valence electrons. The molecule has 2 aromatic rings. The molecule has 0 N–H and O–H groups in total. The Morgan fingerprint density at radius 2 is 1.77 bits per heavy atom. The Labute approximate surface area is 206 Å². The highest BCUT2D eigenvalue weighted by Crippen LogP contribution is 2.33. The predicted molar refractivity (Wildman–Crippen MR) is 129 cm³/mol. The Balaban J connectivity index is 1.48. The minimum Gasteiger partial charge on any atom is -0.467 e. The minimum absolute atomic E-state index is 0.00566. The second-order valence-corrected chi connectivity index (χ2v) is 9.95. The fourth-order valence-electron chi connectivity index (χ4n) is 4.16. The number of furan rings is 1. The lowest BCUT2D eigenvalue weighted by Gasteiger charge is -2.34. The zero-order valence-corrected chi connectivity index (χ0v) is 20.8. The van der Waals surface area contributed by atoms with Crippen LogP contribution in [-0.2, 0) is 27.4 Å². The molecule has 0 saturated carbocycles. The first-order chi connectivity index (χ1) is 16.8. The molecule has 9 heteroatoms. The number of rotatable bonds is 9. The van der Waals surface area contributed by atoms with E-state index in [4.69, 9.17) is 18.6 Å². The zero-order valence-electron chi connectivity index (χ0n) is 20.8. The van der Waals surface area contributed by atoms with Crippen LogP contribution in [0.15, 0.2) is 41.0 Å². The maximum atomic E-state index is 13.6. The fourth-order valence-corrected chi connectivity index (χ4v) is 4.16. The third-order valence-corrected chi connectivity index (χ3v) is 6.13. The summed E-state index contributed by atoms with van der Waals surface area (Å²) in [4.78, 5) is 32.5. The second kappa shape index (κ2) is 11.1. The summed E-state index contributed by atoms with van der Waals surface area (Å²) in [6.07, 6.45) is 1.59. The number of carbonyl (C=O) groups excluding carboxylic acids is 2. The van der Waals surface area contributed by atoms with Crippen molar-refractivity contribution in [2.24, 2.45) is 5.41 Å². The van der Waals surface area contributed by atoms with Gasteiger partial charge in [-0.15, -0.1) is 0 Å². The number of nitrogens with zero attached hydrogens (tertiary/aromatic N) is 3. The minimum atomic E-state index is -0.589. The number of hydrogen-bond donors (Lipinski definition) is 0. The Bertz CT molecular complexity index is 995. The van der Waals surface area contributed by atoms with E-state index in [9.17, 15) is 9.59 Å². The summed E-state index contributed by atoms with van der Waals surface area (Å²) < 4.78 is 21.9. The molecule has 0 atom stereocenters. The Morgan fingerprint density at radius 1 is 1.00 bits per heavy atom. The van der Waals surface area contributed by atoms with Gasteiger partial charge < -0.3 is 28.4 Å². The molecule has 0 bridgehead atoms. The largest absolute Gasteiger partial charge is 0.467 e. The number of benzene rings is 1. The summed E-state index contributed by atoms with van der Waals surface area (Å²) in [5.74, 6) is 1.87. The second-order valence-electron chi connectivity index (χ2n) is 9.95. The molecule has 1 fully saturated rings. The van der Waals surface area contributed by atoms with Crippen molar-refractivity contribution >= 4 is 11.8 Å². The van der Waals surface area contributed by atoms with Crippen LogP contribution in [0.1, 0.15) is 32.1 Å². The molecule has 2 amide bonds.